The smallest absolute Gasteiger partial charge is 0.243 e. The fourth-order valence-corrected chi connectivity index (χ4v) is 4.52. The van der Waals surface area contributed by atoms with E-state index in [9.17, 15) is 17.6 Å². The van der Waals surface area contributed by atoms with Crippen molar-refractivity contribution in [3.05, 3.63) is 95.8 Å². The van der Waals surface area contributed by atoms with Crippen LogP contribution in [0, 0.1) is 5.82 Å². The molecule has 0 atom stereocenters. The Morgan fingerprint density at radius 3 is 2.19 bits per heavy atom. The summed E-state index contributed by atoms with van der Waals surface area (Å²) in [6.45, 7) is -0.0401. The zero-order valence-electron chi connectivity index (χ0n) is 17.7. The summed E-state index contributed by atoms with van der Waals surface area (Å²) in [7, 11) is -2.33. The van der Waals surface area contributed by atoms with E-state index in [2.05, 4.69) is 5.32 Å². The molecule has 0 saturated heterocycles. The van der Waals surface area contributed by atoms with Crippen molar-refractivity contribution in [1.29, 1.82) is 0 Å². The lowest BCUT2D eigenvalue weighted by atomic mass is 10.1. The third-order valence-corrected chi connectivity index (χ3v) is 6.67. The molecule has 0 unspecified atom stereocenters. The molecule has 0 radical (unpaired) electrons. The number of hydrogen-bond donors (Lipinski definition) is 1. The molecule has 1 N–H and O–H groups in total. The van der Waals surface area contributed by atoms with E-state index in [1.54, 1.807) is 25.3 Å². The number of benzene rings is 3. The van der Waals surface area contributed by atoms with E-state index in [1.165, 1.54) is 36.4 Å². The number of carbonyl (C=O) groups is 1. The molecule has 6 nitrogen and oxygen atoms in total. The monoisotopic (exact) mass is 456 g/mol. The van der Waals surface area contributed by atoms with Gasteiger partial charge in [-0.25, -0.2) is 12.8 Å². The first-order valence-corrected chi connectivity index (χ1v) is 11.5. The molecule has 3 rings (SSSR count). The van der Waals surface area contributed by atoms with Crippen molar-refractivity contribution in [3.8, 4) is 5.75 Å². The van der Waals surface area contributed by atoms with E-state index >= 15 is 0 Å². The van der Waals surface area contributed by atoms with Crippen LogP contribution in [-0.4, -0.2) is 38.8 Å². The second-order valence-corrected chi connectivity index (χ2v) is 9.10. The maximum Gasteiger partial charge on any atom is 0.243 e. The molecule has 0 spiro atoms. The summed E-state index contributed by atoms with van der Waals surface area (Å²) in [5.74, 6) is -0.0806. The Morgan fingerprint density at radius 2 is 1.56 bits per heavy atom. The fraction of sp³-hybridized carbons (Fsp3) is 0.208. The summed E-state index contributed by atoms with van der Waals surface area (Å²) >= 11 is 0. The van der Waals surface area contributed by atoms with Gasteiger partial charge < -0.3 is 10.1 Å². The van der Waals surface area contributed by atoms with Gasteiger partial charge in [0.25, 0.3) is 0 Å². The Labute approximate surface area is 187 Å². The van der Waals surface area contributed by atoms with Crippen molar-refractivity contribution in [2.45, 2.75) is 17.9 Å². The topological polar surface area (TPSA) is 75.7 Å². The minimum atomic E-state index is -3.92. The maximum atomic E-state index is 13.3. The van der Waals surface area contributed by atoms with Gasteiger partial charge in [0.15, 0.2) is 0 Å². The number of ether oxygens (including phenoxy) is 1. The SMILES string of the molecule is COc1ccc(CCNC(=O)CN(Cc2ccc(F)cc2)S(=O)(=O)c2ccccc2)cc1. The standard InChI is InChI=1S/C24H25FN2O4S/c1-31-22-13-9-19(10-14-22)15-16-26-24(28)18-27(17-20-7-11-21(25)12-8-20)32(29,30)23-5-3-2-4-6-23/h2-14H,15-18H2,1H3,(H,26,28). The minimum Gasteiger partial charge on any atom is -0.497 e. The van der Waals surface area contributed by atoms with Crippen LogP contribution in [0.4, 0.5) is 4.39 Å². The van der Waals surface area contributed by atoms with E-state index in [-0.39, 0.29) is 18.0 Å². The lowest BCUT2D eigenvalue weighted by molar-refractivity contribution is -0.121. The zero-order chi connectivity index (χ0) is 23.0. The van der Waals surface area contributed by atoms with Crippen molar-refractivity contribution < 1.29 is 22.3 Å². The van der Waals surface area contributed by atoms with Gasteiger partial charge in [0, 0.05) is 13.1 Å². The van der Waals surface area contributed by atoms with E-state index in [0.29, 0.717) is 18.5 Å². The van der Waals surface area contributed by atoms with Crippen LogP contribution in [0.5, 0.6) is 5.75 Å². The quantitative estimate of drug-likeness (QED) is 0.508. The first-order chi connectivity index (χ1) is 15.4. The second-order valence-electron chi connectivity index (χ2n) is 7.16. The number of amides is 1. The summed E-state index contributed by atoms with van der Waals surface area (Å²) in [6, 6.07) is 21.0. The van der Waals surface area contributed by atoms with Gasteiger partial charge in [-0.05, 0) is 53.9 Å². The fourth-order valence-electron chi connectivity index (χ4n) is 3.12. The molecule has 0 aliphatic rings. The van der Waals surface area contributed by atoms with Gasteiger partial charge in [-0.15, -0.1) is 0 Å². The average molecular weight is 457 g/mol. The third-order valence-electron chi connectivity index (χ3n) is 4.87. The highest BCUT2D eigenvalue weighted by Gasteiger charge is 2.26. The Balaban J connectivity index is 1.68. The van der Waals surface area contributed by atoms with E-state index < -0.39 is 21.7 Å². The lowest BCUT2D eigenvalue weighted by Gasteiger charge is -2.22. The molecule has 32 heavy (non-hydrogen) atoms. The normalized spacial score (nSPS) is 11.3. The molecule has 0 aliphatic heterocycles. The Bertz CT molecular complexity index is 1120. The molecule has 1 amide bonds. The van der Waals surface area contributed by atoms with Crippen molar-refractivity contribution in [2.75, 3.05) is 20.2 Å². The maximum absolute atomic E-state index is 13.3. The molecule has 0 aromatic heterocycles. The molecule has 0 bridgehead atoms. The van der Waals surface area contributed by atoms with Crippen LogP contribution < -0.4 is 10.1 Å². The van der Waals surface area contributed by atoms with E-state index in [4.69, 9.17) is 4.74 Å². The highest BCUT2D eigenvalue weighted by atomic mass is 32.2. The largest absolute Gasteiger partial charge is 0.497 e. The second kappa shape index (κ2) is 10.9. The van der Waals surface area contributed by atoms with Crippen molar-refractivity contribution in [2.24, 2.45) is 0 Å². The molecule has 8 heteroatoms. The Hall–Kier alpha value is -3.23. The molecule has 168 valence electrons. The molecular formula is C24H25FN2O4S. The molecule has 0 heterocycles. The molecule has 3 aromatic rings. The average Bonchev–Trinajstić information content (AvgIpc) is 2.81. The van der Waals surface area contributed by atoms with Crippen molar-refractivity contribution >= 4 is 15.9 Å². The van der Waals surface area contributed by atoms with E-state index in [1.807, 2.05) is 24.3 Å². The first kappa shape index (κ1) is 23.4. The highest BCUT2D eigenvalue weighted by Crippen LogP contribution is 2.18. The Kier molecular flexibility index (Phi) is 7.97. The van der Waals surface area contributed by atoms with Gasteiger partial charge in [-0.3, -0.25) is 4.79 Å². The zero-order valence-corrected chi connectivity index (χ0v) is 18.5. The first-order valence-electron chi connectivity index (χ1n) is 10.1. The molecule has 0 fully saturated rings. The van der Waals surface area contributed by atoms with Crippen LogP contribution in [0.25, 0.3) is 0 Å². The number of methoxy groups -OCH3 is 1. The number of nitrogens with one attached hydrogen (secondary N) is 1. The van der Waals surface area contributed by atoms with Crippen LogP contribution in [0.15, 0.2) is 83.8 Å². The predicted octanol–water partition coefficient (Wildman–Crippen LogP) is 3.38. The third kappa shape index (κ3) is 6.38. The predicted molar refractivity (Wildman–Crippen MR) is 120 cm³/mol. The summed E-state index contributed by atoms with van der Waals surface area (Å²) in [4.78, 5) is 12.7. The number of hydrogen-bond acceptors (Lipinski definition) is 4. The van der Waals surface area contributed by atoms with Gasteiger partial charge in [0.05, 0.1) is 18.6 Å². The Morgan fingerprint density at radius 1 is 0.938 bits per heavy atom. The van der Waals surface area contributed by atoms with Crippen molar-refractivity contribution in [1.82, 2.24) is 9.62 Å². The minimum absolute atomic E-state index is 0.0522. The summed E-state index contributed by atoms with van der Waals surface area (Å²) in [5.41, 5.74) is 1.60. The van der Waals surface area contributed by atoms with Crippen LogP contribution >= 0.6 is 0 Å². The van der Waals surface area contributed by atoms with Gasteiger partial charge >= 0.3 is 0 Å². The molecule has 3 aromatic carbocycles. The number of sulfonamides is 1. The number of nitrogens with zero attached hydrogens (tertiary/aromatic N) is 1. The van der Waals surface area contributed by atoms with Gasteiger partial charge in [-0.2, -0.15) is 4.31 Å². The molecule has 0 saturated carbocycles. The van der Waals surface area contributed by atoms with E-state index in [0.717, 1.165) is 15.6 Å². The summed E-state index contributed by atoms with van der Waals surface area (Å²) in [5, 5.41) is 2.77. The number of rotatable bonds is 10. The molecule has 0 aliphatic carbocycles. The van der Waals surface area contributed by atoms with Crippen molar-refractivity contribution in [3.63, 3.8) is 0 Å². The highest BCUT2D eigenvalue weighted by molar-refractivity contribution is 7.89. The van der Waals surface area contributed by atoms with Crippen LogP contribution in [0.2, 0.25) is 0 Å². The lowest BCUT2D eigenvalue weighted by Crippen LogP contribution is -2.40. The van der Waals surface area contributed by atoms with Gasteiger partial charge in [0.2, 0.25) is 15.9 Å². The molecular weight excluding hydrogens is 431 g/mol. The number of carbonyl (C=O) groups excluding carboxylic acids is 1. The van der Waals surface area contributed by atoms with Crippen LogP contribution in [-0.2, 0) is 27.8 Å². The van der Waals surface area contributed by atoms with Gasteiger partial charge in [-0.1, -0.05) is 42.5 Å². The van der Waals surface area contributed by atoms with Gasteiger partial charge in [0.1, 0.15) is 11.6 Å². The summed E-state index contributed by atoms with van der Waals surface area (Å²) < 4.78 is 45.8. The summed E-state index contributed by atoms with van der Waals surface area (Å²) in [6.07, 6.45) is 0.596. The van der Waals surface area contributed by atoms with Crippen LogP contribution in [0.3, 0.4) is 0 Å². The van der Waals surface area contributed by atoms with Crippen LogP contribution in [0.1, 0.15) is 11.1 Å². The number of halogens is 1.